The molecule has 0 radical (unpaired) electrons. The van der Waals surface area contributed by atoms with Crippen molar-refractivity contribution in [3.8, 4) is 0 Å². The molecule has 0 saturated carbocycles. The van der Waals surface area contributed by atoms with Crippen LogP contribution < -0.4 is 4.90 Å². The highest BCUT2D eigenvalue weighted by Crippen LogP contribution is 2.25. The largest absolute Gasteiger partial charge is 0.369 e. The minimum Gasteiger partial charge on any atom is -0.369 e. The molecule has 0 N–H and O–H groups in total. The number of anilines is 1. The molecule has 2 aromatic heterocycles. The molecule has 3 rings (SSSR count). The molecule has 0 bridgehead atoms. The van der Waals surface area contributed by atoms with Gasteiger partial charge in [-0.2, -0.15) is 0 Å². The first-order valence-electron chi connectivity index (χ1n) is 9.15. The summed E-state index contributed by atoms with van der Waals surface area (Å²) < 4.78 is 0. The van der Waals surface area contributed by atoms with E-state index in [4.69, 9.17) is 4.98 Å². The predicted octanol–water partition coefficient (Wildman–Crippen LogP) is 2.45. The zero-order valence-electron chi connectivity index (χ0n) is 15.6. The number of piperidine rings is 1. The van der Waals surface area contributed by atoms with Crippen LogP contribution in [0.2, 0.25) is 0 Å². The fraction of sp³-hybridized carbons (Fsp3) is 0.579. The fourth-order valence-electron chi connectivity index (χ4n) is 3.52. The summed E-state index contributed by atoms with van der Waals surface area (Å²) >= 11 is 0. The van der Waals surface area contributed by atoms with Crippen molar-refractivity contribution in [3.63, 3.8) is 0 Å². The minimum absolute atomic E-state index is 0.0548. The summed E-state index contributed by atoms with van der Waals surface area (Å²) in [5, 5.41) is 0. The van der Waals surface area contributed by atoms with Crippen molar-refractivity contribution in [3.05, 3.63) is 23.7 Å². The first kappa shape index (κ1) is 17.6. The molecule has 2 aromatic rings. The van der Waals surface area contributed by atoms with E-state index >= 15 is 0 Å². The van der Waals surface area contributed by atoms with Gasteiger partial charge in [-0.1, -0.05) is 13.8 Å². The number of amides is 1. The van der Waals surface area contributed by atoms with Crippen LogP contribution in [0.5, 0.6) is 0 Å². The van der Waals surface area contributed by atoms with Gasteiger partial charge in [0.2, 0.25) is 5.91 Å². The molecule has 25 heavy (non-hydrogen) atoms. The lowest BCUT2D eigenvalue weighted by atomic mass is 9.96. The summed E-state index contributed by atoms with van der Waals surface area (Å²) in [5.74, 6) is 0.262. The van der Waals surface area contributed by atoms with Crippen LogP contribution in [-0.2, 0) is 17.6 Å². The summed E-state index contributed by atoms with van der Waals surface area (Å²) in [6, 6.07) is 2.07. The Morgan fingerprint density at radius 2 is 1.96 bits per heavy atom. The van der Waals surface area contributed by atoms with Gasteiger partial charge in [-0.05, 0) is 31.7 Å². The molecular weight excluding hydrogens is 314 g/mol. The SMILES string of the molecule is CCc1nc2cc(N3CCC[C@H](C(=O)N(C)C)C3)cnc2nc1CC. The second kappa shape index (κ2) is 7.33. The molecule has 0 unspecified atom stereocenters. The Labute approximate surface area is 149 Å². The number of nitrogens with zero attached hydrogens (tertiary/aromatic N) is 5. The van der Waals surface area contributed by atoms with Crippen molar-refractivity contribution < 1.29 is 4.79 Å². The number of carbonyl (C=O) groups is 1. The molecule has 1 aliphatic rings. The Morgan fingerprint density at radius 1 is 1.24 bits per heavy atom. The van der Waals surface area contributed by atoms with Crippen LogP contribution >= 0.6 is 0 Å². The molecule has 1 aliphatic heterocycles. The van der Waals surface area contributed by atoms with Crippen molar-refractivity contribution >= 4 is 22.8 Å². The van der Waals surface area contributed by atoms with Crippen LogP contribution in [0.1, 0.15) is 38.1 Å². The Kier molecular flexibility index (Phi) is 5.16. The van der Waals surface area contributed by atoms with Gasteiger partial charge in [0, 0.05) is 27.2 Å². The van der Waals surface area contributed by atoms with Crippen molar-refractivity contribution in [1.82, 2.24) is 19.9 Å². The van der Waals surface area contributed by atoms with Crippen LogP contribution in [0.3, 0.4) is 0 Å². The Bertz CT molecular complexity index is 774. The topological polar surface area (TPSA) is 62.2 Å². The minimum atomic E-state index is 0.0548. The van der Waals surface area contributed by atoms with Crippen LogP contribution in [0.15, 0.2) is 12.3 Å². The molecule has 1 atom stereocenters. The Hall–Kier alpha value is -2.24. The average molecular weight is 341 g/mol. The van der Waals surface area contributed by atoms with Gasteiger partial charge in [-0.3, -0.25) is 4.79 Å². The molecule has 6 nitrogen and oxygen atoms in total. The van der Waals surface area contributed by atoms with Crippen molar-refractivity contribution in [2.75, 3.05) is 32.1 Å². The summed E-state index contributed by atoms with van der Waals surface area (Å²) in [7, 11) is 3.65. The summed E-state index contributed by atoms with van der Waals surface area (Å²) in [5.41, 5.74) is 4.66. The third-order valence-corrected chi connectivity index (χ3v) is 4.91. The van der Waals surface area contributed by atoms with Gasteiger partial charge in [0.15, 0.2) is 5.65 Å². The zero-order valence-corrected chi connectivity index (χ0v) is 15.6. The fourth-order valence-corrected chi connectivity index (χ4v) is 3.52. The number of carbonyl (C=O) groups excluding carboxylic acids is 1. The maximum absolute atomic E-state index is 12.3. The molecule has 1 amide bonds. The zero-order chi connectivity index (χ0) is 18.0. The smallest absolute Gasteiger partial charge is 0.226 e. The van der Waals surface area contributed by atoms with E-state index in [2.05, 4.69) is 34.8 Å². The van der Waals surface area contributed by atoms with Crippen LogP contribution in [0, 0.1) is 5.92 Å². The second-order valence-corrected chi connectivity index (χ2v) is 6.88. The first-order valence-corrected chi connectivity index (χ1v) is 9.15. The van der Waals surface area contributed by atoms with E-state index in [1.165, 1.54) is 0 Å². The number of rotatable bonds is 4. The summed E-state index contributed by atoms with van der Waals surface area (Å²) in [4.78, 5) is 30.2. The van der Waals surface area contributed by atoms with E-state index in [0.29, 0.717) is 5.65 Å². The Balaban J connectivity index is 1.89. The molecule has 6 heteroatoms. The lowest BCUT2D eigenvalue weighted by molar-refractivity contribution is -0.133. The summed E-state index contributed by atoms with van der Waals surface area (Å²) in [6.45, 7) is 5.89. The predicted molar refractivity (Wildman–Crippen MR) is 99.7 cm³/mol. The maximum atomic E-state index is 12.3. The highest BCUT2D eigenvalue weighted by Gasteiger charge is 2.27. The third-order valence-electron chi connectivity index (χ3n) is 4.91. The molecule has 0 spiro atoms. The molecule has 1 fully saturated rings. The van der Waals surface area contributed by atoms with Gasteiger partial charge < -0.3 is 9.80 Å². The number of aryl methyl sites for hydroxylation is 2. The monoisotopic (exact) mass is 341 g/mol. The molecular formula is C19H27N5O. The normalized spacial score (nSPS) is 17.8. The molecule has 0 aromatic carbocycles. The second-order valence-electron chi connectivity index (χ2n) is 6.88. The van der Waals surface area contributed by atoms with Gasteiger partial charge in [-0.25, -0.2) is 15.0 Å². The van der Waals surface area contributed by atoms with Crippen molar-refractivity contribution in [2.24, 2.45) is 5.92 Å². The standard InChI is InChI=1S/C19H27N5O/c1-5-15-16(6-2)22-18-17(21-15)10-14(11-20-18)24-9-7-8-13(12-24)19(25)23(3)4/h10-11,13H,5-9,12H2,1-4H3/t13-/m0/s1. The van der Waals surface area contributed by atoms with Gasteiger partial charge in [0.05, 0.1) is 29.2 Å². The van der Waals surface area contributed by atoms with E-state index in [0.717, 1.165) is 61.4 Å². The molecule has 134 valence electrons. The first-order chi connectivity index (χ1) is 12.0. The average Bonchev–Trinajstić information content (AvgIpc) is 2.65. The lowest BCUT2D eigenvalue weighted by Gasteiger charge is -2.34. The Morgan fingerprint density at radius 3 is 2.64 bits per heavy atom. The van der Waals surface area contributed by atoms with Crippen molar-refractivity contribution in [2.45, 2.75) is 39.5 Å². The summed E-state index contributed by atoms with van der Waals surface area (Å²) in [6.07, 6.45) is 5.58. The van der Waals surface area contributed by atoms with E-state index in [9.17, 15) is 4.79 Å². The molecule has 3 heterocycles. The quantitative estimate of drug-likeness (QED) is 0.855. The van der Waals surface area contributed by atoms with Crippen LogP contribution in [0.4, 0.5) is 5.69 Å². The maximum Gasteiger partial charge on any atom is 0.226 e. The van der Waals surface area contributed by atoms with Gasteiger partial charge in [0.25, 0.3) is 0 Å². The van der Waals surface area contributed by atoms with E-state index in [-0.39, 0.29) is 11.8 Å². The molecule has 0 aliphatic carbocycles. The highest BCUT2D eigenvalue weighted by molar-refractivity contribution is 5.80. The molecule has 1 saturated heterocycles. The number of hydrogen-bond acceptors (Lipinski definition) is 5. The lowest BCUT2D eigenvalue weighted by Crippen LogP contribution is -2.42. The number of fused-ring (bicyclic) bond motifs is 1. The van der Waals surface area contributed by atoms with Crippen LogP contribution in [0.25, 0.3) is 11.2 Å². The third kappa shape index (κ3) is 3.57. The van der Waals surface area contributed by atoms with Crippen LogP contribution in [-0.4, -0.2) is 52.9 Å². The van der Waals surface area contributed by atoms with Gasteiger partial charge in [0.1, 0.15) is 5.52 Å². The van der Waals surface area contributed by atoms with E-state index in [1.54, 1.807) is 4.90 Å². The number of aromatic nitrogens is 3. The van der Waals surface area contributed by atoms with E-state index in [1.807, 2.05) is 20.3 Å². The van der Waals surface area contributed by atoms with Gasteiger partial charge in [-0.15, -0.1) is 0 Å². The number of hydrogen-bond donors (Lipinski definition) is 0. The number of pyridine rings is 1. The van der Waals surface area contributed by atoms with Crippen molar-refractivity contribution in [1.29, 1.82) is 0 Å². The van der Waals surface area contributed by atoms with E-state index < -0.39 is 0 Å². The highest BCUT2D eigenvalue weighted by atomic mass is 16.2. The van der Waals surface area contributed by atoms with Gasteiger partial charge >= 0.3 is 0 Å².